The zero-order chi connectivity index (χ0) is 14.6. The minimum absolute atomic E-state index is 0.0356. The van der Waals surface area contributed by atoms with Crippen LogP contribution in [0, 0.1) is 5.41 Å². The average Bonchev–Trinajstić information content (AvgIpc) is 2.86. The highest BCUT2D eigenvalue weighted by Gasteiger charge is 2.37. The Balaban J connectivity index is 2.08. The molecule has 2 atom stereocenters. The first-order valence-electron chi connectivity index (χ1n) is 7.04. The van der Waals surface area contributed by atoms with E-state index in [1.54, 1.807) is 26.5 Å². The molecule has 5 heteroatoms. The van der Waals surface area contributed by atoms with E-state index in [4.69, 9.17) is 9.47 Å². The predicted molar refractivity (Wildman–Crippen MR) is 77.0 cm³/mol. The number of nitrogens with zero attached hydrogens (tertiary/aromatic N) is 1. The SMILES string of the molecule is COc1ccnc(CNC2CCCC2(C)CO)c1OC. The van der Waals surface area contributed by atoms with E-state index in [-0.39, 0.29) is 12.0 Å². The van der Waals surface area contributed by atoms with Crippen molar-refractivity contribution in [1.82, 2.24) is 10.3 Å². The van der Waals surface area contributed by atoms with E-state index < -0.39 is 0 Å². The Morgan fingerprint density at radius 1 is 1.45 bits per heavy atom. The molecule has 0 saturated heterocycles. The smallest absolute Gasteiger partial charge is 0.183 e. The van der Waals surface area contributed by atoms with Crippen molar-refractivity contribution < 1.29 is 14.6 Å². The first kappa shape index (κ1) is 15.1. The lowest BCUT2D eigenvalue weighted by atomic mass is 9.86. The van der Waals surface area contributed by atoms with E-state index in [2.05, 4.69) is 17.2 Å². The molecule has 2 N–H and O–H groups in total. The summed E-state index contributed by atoms with van der Waals surface area (Å²) in [6.45, 7) is 2.96. The molecule has 1 aliphatic rings. The van der Waals surface area contributed by atoms with E-state index in [1.165, 1.54) is 0 Å². The van der Waals surface area contributed by atoms with Gasteiger partial charge in [0.25, 0.3) is 0 Å². The van der Waals surface area contributed by atoms with E-state index >= 15 is 0 Å². The number of hydrogen-bond donors (Lipinski definition) is 2. The number of methoxy groups -OCH3 is 2. The van der Waals surface area contributed by atoms with Gasteiger partial charge in [-0.1, -0.05) is 13.3 Å². The van der Waals surface area contributed by atoms with Crippen LogP contribution < -0.4 is 14.8 Å². The molecule has 0 bridgehead atoms. The van der Waals surface area contributed by atoms with Gasteiger partial charge in [-0.2, -0.15) is 0 Å². The number of pyridine rings is 1. The van der Waals surface area contributed by atoms with Crippen LogP contribution in [-0.2, 0) is 6.54 Å². The molecule has 1 aromatic heterocycles. The summed E-state index contributed by atoms with van der Waals surface area (Å²) in [5.41, 5.74) is 0.797. The molecule has 2 rings (SSSR count). The lowest BCUT2D eigenvalue weighted by Crippen LogP contribution is -2.41. The minimum atomic E-state index is -0.0356. The van der Waals surface area contributed by atoms with Gasteiger partial charge < -0.3 is 19.9 Å². The standard InChI is InChI=1S/C15H24N2O3/c1-15(10-18)7-4-5-13(15)17-9-11-14(20-3)12(19-2)6-8-16-11/h6,8,13,17-18H,4-5,7,9-10H2,1-3H3. The van der Waals surface area contributed by atoms with Crippen molar-refractivity contribution in [3.05, 3.63) is 18.0 Å². The first-order chi connectivity index (χ1) is 9.64. The molecule has 0 aromatic carbocycles. The second-order valence-electron chi connectivity index (χ2n) is 5.63. The van der Waals surface area contributed by atoms with Crippen LogP contribution in [0.25, 0.3) is 0 Å². The fourth-order valence-electron chi connectivity index (χ4n) is 2.97. The molecule has 1 saturated carbocycles. The Morgan fingerprint density at radius 2 is 2.25 bits per heavy atom. The number of hydrogen-bond acceptors (Lipinski definition) is 5. The molecule has 20 heavy (non-hydrogen) atoms. The van der Waals surface area contributed by atoms with Crippen LogP contribution in [0.5, 0.6) is 11.5 Å². The molecule has 0 radical (unpaired) electrons. The van der Waals surface area contributed by atoms with Crippen molar-refractivity contribution in [2.45, 2.75) is 38.8 Å². The van der Waals surface area contributed by atoms with Crippen molar-refractivity contribution in [1.29, 1.82) is 0 Å². The van der Waals surface area contributed by atoms with Crippen molar-refractivity contribution in [2.75, 3.05) is 20.8 Å². The van der Waals surface area contributed by atoms with Gasteiger partial charge in [0.05, 0.1) is 19.9 Å². The molecule has 1 aliphatic carbocycles. The zero-order valence-electron chi connectivity index (χ0n) is 12.5. The number of aromatic nitrogens is 1. The Labute approximate surface area is 120 Å². The first-order valence-corrected chi connectivity index (χ1v) is 7.04. The summed E-state index contributed by atoms with van der Waals surface area (Å²) in [7, 11) is 3.24. The fraction of sp³-hybridized carbons (Fsp3) is 0.667. The summed E-state index contributed by atoms with van der Waals surface area (Å²) in [4.78, 5) is 4.36. The van der Waals surface area contributed by atoms with E-state index in [0.29, 0.717) is 24.1 Å². The molecule has 1 aromatic rings. The van der Waals surface area contributed by atoms with Gasteiger partial charge in [0.1, 0.15) is 0 Å². The number of nitrogens with one attached hydrogen (secondary N) is 1. The quantitative estimate of drug-likeness (QED) is 0.831. The molecule has 2 unspecified atom stereocenters. The van der Waals surface area contributed by atoms with Gasteiger partial charge in [0.15, 0.2) is 11.5 Å². The Hall–Kier alpha value is -1.33. The van der Waals surface area contributed by atoms with Crippen LogP contribution in [0.15, 0.2) is 12.3 Å². The predicted octanol–water partition coefficient (Wildman–Crippen LogP) is 1.74. The van der Waals surface area contributed by atoms with Crippen molar-refractivity contribution in [2.24, 2.45) is 5.41 Å². The molecule has 1 heterocycles. The van der Waals surface area contributed by atoms with Crippen LogP contribution in [0.4, 0.5) is 0 Å². The average molecular weight is 280 g/mol. The van der Waals surface area contributed by atoms with Gasteiger partial charge in [-0.3, -0.25) is 4.98 Å². The van der Waals surface area contributed by atoms with Gasteiger partial charge in [-0.05, 0) is 12.8 Å². The molecule has 112 valence electrons. The maximum Gasteiger partial charge on any atom is 0.183 e. The normalized spacial score (nSPS) is 25.7. The minimum Gasteiger partial charge on any atom is -0.493 e. The highest BCUT2D eigenvalue weighted by Crippen LogP contribution is 2.38. The highest BCUT2D eigenvalue weighted by molar-refractivity contribution is 5.42. The van der Waals surface area contributed by atoms with Crippen LogP contribution in [-0.4, -0.2) is 37.0 Å². The third kappa shape index (κ3) is 2.88. The maximum atomic E-state index is 9.58. The summed E-state index contributed by atoms with van der Waals surface area (Å²) < 4.78 is 10.7. The topological polar surface area (TPSA) is 63.6 Å². The summed E-state index contributed by atoms with van der Waals surface area (Å²) in [5.74, 6) is 1.36. The molecular weight excluding hydrogens is 256 g/mol. The van der Waals surface area contributed by atoms with Gasteiger partial charge in [0, 0.05) is 36.9 Å². The van der Waals surface area contributed by atoms with Gasteiger partial charge in [-0.15, -0.1) is 0 Å². The number of aliphatic hydroxyl groups is 1. The van der Waals surface area contributed by atoms with Gasteiger partial charge in [0.2, 0.25) is 0 Å². The van der Waals surface area contributed by atoms with Crippen molar-refractivity contribution in [3.63, 3.8) is 0 Å². The second kappa shape index (κ2) is 6.41. The lowest BCUT2D eigenvalue weighted by Gasteiger charge is -2.30. The Morgan fingerprint density at radius 3 is 2.90 bits per heavy atom. The Bertz CT molecular complexity index is 453. The molecular formula is C15H24N2O3. The summed E-state index contributed by atoms with van der Waals surface area (Å²) in [6, 6.07) is 2.10. The monoisotopic (exact) mass is 280 g/mol. The van der Waals surface area contributed by atoms with Crippen LogP contribution in [0.3, 0.4) is 0 Å². The number of rotatable bonds is 6. The molecule has 1 fully saturated rings. The largest absolute Gasteiger partial charge is 0.493 e. The highest BCUT2D eigenvalue weighted by atomic mass is 16.5. The summed E-state index contributed by atoms with van der Waals surface area (Å²) in [5, 5.41) is 13.1. The van der Waals surface area contributed by atoms with Crippen molar-refractivity contribution >= 4 is 0 Å². The lowest BCUT2D eigenvalue weighted by molar-refractivity contribution is 0.118. The van der Waals surface area contributed by atoms with E-state index in [9.17, 15) is 5.11 Å². The third-order valence-electron chi connectivity index (χ3n) is 4.33. The third-order valence-corrected chi connectivity index (χ3v) is 4.33. The van der Waals surface area contributed by atoms with Gasteiger partial charge in [-0.25, -0.2) is 0 Å². The van der Waals surface area contributed by atoms with Crippen LogP contribution in [0.2, 0.25) is 0 Å². The molecule has 0 spiro atoms. The summed E-state index contributed by atoms with van der Waals surface area (Å²) >= 11 is 0. The van der Waals surface area contributed by atoms with Crippen LogP contribution >= 0.6 is 0 Å². The van der Waals surface area contributed by atoms with Gasteiger partial charge >= 0.3 is 0 Å². The van der Waals surface area contributed by atoms with E-state index in [1.807, 2.05) is 0 Å². The molecule has 0 aliphatic heterocycles. The summed E-state index contributed by atoms with van der Waals surface area (Å²) in [6.07, 6.45) is 5.02. The molecule has 0 amide bonds. The molecule has 5 nitrogen and oxygen atoms in total. The second-order valence-corrected chi connectivity index (χ2v) is 5.63. The van der Waals surface area contributed by atoms with Crippen LogP contribution in [0.1, 0.15) is 31.9 Å². The number of ether oxygens (including phenoxy) is 2. The zero-order valence-corrected chi connectivity index (χ0v) is 12.5. The fourth-order valence-corrected chi connectivity index (χ4v) is 2.97. The number of aliphatic hydroxyl groups excluding tert-OH is 1. The maximum absolute atomic E-state index is 9.58. The van der Waals surface area contributed by atoms with E-state index in [0.717, 1.165) is 25.0 Å². The van der Waals surface area contributed by atoms with Crippen molar-refractivity contribution in [3.8, 4) is 11.5 Å². The Kier molecular flexibility index (Phi) is 4.83.